The summed E-state index contributed by atoms with van der Waals surface area (Å²) in [5.74, 6) is 0.936. The summed E-state index contributed by atoms with van der Waals surface area (Å²) < 4.78 is 0. The summed E-state index contributed by atoms with van der Waals surface area (Å²) in [5.41, 5.74) is 2.55. The van der Waals surface area contributed by atoms with Crippen molar-refractivity contribution in [3.05, 3.63) is 59.2 Å². The molecule has 2 aromatic heterocycles. The van der Waals surface area contributed by atoms with Crippen LogP contribution in [0.15, 0.2) is 48.8 Å². The van der Waals surface area contributed by atoms with Crippen molar-refractivity contribution in [3.63, 3.8) is 0 Å². The second-order valence-electron chi connectivity index (χ2n) is 5.91. The Morgan fingerprint density at radius 2 is 1.87 bits per heavy atom. The number of nitrogens with zero attached hydrogens (tertiary/aromatic N) is 2. The molecule has 3 nitrogen and oxygen atoms in total. The van der Waals surface area contributed by atoms with Crippen LogP contribution in [0.5, 0.6) is 0 Å². The Morgan fingerprint density at radius 1 is 0.957 bits per heavy atom. The van der Waals surface area contributed by atoms with Crippen molar-refractivity contribution in [1.82, 2.24) is 9.97 Å². The third-order valence-corrected chi connectivity index (χ3v) is 5.74. The van der Waals surface area contributed by atoms with E-state index in [9.17, 15) is 0 Å². The van der Waals surface area contributed by atoms with Crippen LogP contribution in [0.25, 0.3) is 21.0 Å². The Balaban J connectivity index is 1.69. The Morgan fingerprint density at radius 3 is 2.87 bits per heavy atom. The van der Waals surface area contributed by atoms with Gasteiger partial charge in [-0.05, 0) is 36.3 Å². The van der Waals surface area contributed by atoms with Gasteiger partial charge in [0.2, 0.25) is 0 Å². The van der Waals surface area contributed by atoms with Crippen molar-refractivity contribution in [2.45, 2.75) is 19.3 Å². The predicted octanol–water partition coefficient (Wildman–Crippen LogP) is 5.08. The highest BCUT2D eigenvalue weighted by molar-refractivity contribution is 7.19. The van der Waals surface area contributed by atoms with Crippen LogP contribution in [0, 0.1) is 0 Å². The van der Waals surface area contributed by atoms with Crippen LogP contribution in [0.2, 0.25) is 0 Å². The topological polar surface area (TPSA) is 37.8 Å². The number of anilines is 2. The SMILES string of the molecule is c1ccc2c(Nc3ncnc4sc5c(c34)CCC5)cccc2c1. The molecule has 4 aromatic rings. The molecule has 2 heterocycles. The maximum absolute atomic E-state index is 4.54. The first-order chi connectivity index (χ1) is 11.4. The third-order valence-electron chi connectivity index (χ3n) is 4.54. The van der Waals surface area contributed by atoms with E-state index in [1.807, 2.05) is 11.3 Å². The van der Waals surface area contributed by atoms with E-state index >= 15 is 0 Å². The minimum atomic E-state index is 0.936. The summed E-state index contributed by atoms with van der Waals surface area (Å²) in [6.45, 7) is 0. The zero-order valence-electron chi connectivity index (χ0n) is 12.5. The number of thiophene rings is 1. The lowest BCUT2D eigenvalue weighted by Gasteiger charge is -2.10. The first-order valence-corrected chi connectivity index (χ1v) is 8.72. The van der Waals surface area contributed by atoms with Gasteiger partial charge in [-0.15, -0.1) is 11.3 Å². The molecule has 0 spiro atoms. The van der Waals surface area contributed by atoms with E-state index in [1.165, 1.54) is 39.4 Å². The van der Waals surface area contributed by atoms with Gasteiger partial charge in [0.15, 0.2) is 0 Å². The first kappa shape index (κ1) is 13.0. The van der Waals surface area contributed by atoms with E-state index in [2.05, 4.69) is 57.7 Å². The van der Waals surface area contributed by atoms with Gasteiger partial charge >= 0.3 is 0 Å². The molecule has 112 valence electrons. The normalized spacial score (nSPS) is 13.6. The molecule has 0 saturated heterocycles. The summed E-state index contributed by atoms with van der Waals surface area (Å²) >= 11 is 1.82. The van der Waals surface area contributed by atoms with Gasteiger partial charge < -0.3 is 5.32 Å². The monoisotopic (exact) mass is 317 g/mol. The zero-order valence-corrected chi connectivity index (χ0v) is 13.4. The number of hydrogen-bond acceptors (Lipinski definition) is 4. The van der Waals surface area contributed by atoms with Gasteiger partial charge in [-0.1, -0.05) is 36.4 Å². The van der Waals surface area contributed by atoms with Crippen LogP contribution in [-0.4, -0.2) is 9.97 Å². The molecule has 1 aliphatic rings. The van der Waals surface area contributed by atoms with Crippen molar-refractivity contribution in [2.24, 2.45) is 0 Å². The van der Waals surface area contributed by atoms with Gasteiger partial charge in [0.25, 0.3) is 0 Å². The largest absolute Gasteiger partial charge is 0.339 e. The molecule has 23 heavy (non-hydrogen) atoms. The summed E-state index contributed by atoms with van der Waals surface area (Å²) in [7, 11) is 0. The molecule has 4 heteroatoms. The van der Waals surface area contributed by atoms with Crippen molar-refractivity contribution in [3.8, 4) is 0 Å². The molecule has 0 atom stereocenters. The maximum Gasteiger partial charge on any atom is 0.142 e. The summed E-state index contributed by atoms with van der Waals surface area (Å²) in [4.78, 5) is 11.6. The van der Waals surface area contributed by atoms with Crippen LogP contribution in [0.3, 0.4) is 0 Å². The summed E-state index contributed by atoms with van der Waals surface area (Å²) in [6.07, 6.45) is 5.25. The highest BCUT2D eigenvalue weighted by atomic mass is 32.1. The number of nitrogens with one attached hydrogen (secondary N) is 1. The van der Waals surface area contributed by atoms with E-state index in [-0.39, 0.29) is 0 Å². The first-order valence-electron chi connectivity index (χ1n) is 7.90. The number of aromatic nitrogens is 2. The van der Waals surface area contributed by atoms with Crippen molar-refractivity contribution >= 4 is 43.8 Å². The van der Waals surface area contributed by atoms with Crippen molar-refractivity contribution in [1.29, 1.82) is 0 Å². The molecule has 2 aromatic carbocycles. The highest BCUT2D eigenvalue weighted by Gasteiger charge is 2.21. The minimum absolute atomic E-state index is 0.936. The third kappa shape index (κ3) is 2.02. The van der Waals surface area contributed by atoms with E-state index in [1.54, 1.807) is 6.33 Å². The lowest BCUT2D eigenvalue weighted by molar-refractivity contribution is 0.917. The highest BCUT2D eigenvalue weighted by Crippen LogP contribution is 2.40. The number of aryl methyl sites for hydroxylation is 2. The number of hydrogen-bond donors (Lipinski definition) is 1. The Labute approximate surface area is 138 Å². The standard InChI is InChI=1S/C19H15N3S/c1-2-7-13-12(5-1)6-3-9-15(13)22-18-17-14-8-4-10-16(14)23-19(17)21-11-20-18/h1-3,5-7,9,11H,4,8,10H2,(H,20,21,22). The van der Waals surface area contributed by atoms with Gasteiger partial charge in [0.1, 0.15) is 17.0 Å². The molecule has 0 saturated carbocycles. The smallest absolute Gasteiger partial charge is 0.142 e. The molecule has 1 aliphatic carbocycles. The van der Waals surface area contributed by atoms with Crippen LogP contribution in [-0.2, 0) is 12.8 Å². The lowest BCUT2D eigenvalue weighted by atomic mass is 10.1. The quantitative estimate of drug-likeness (QED) is 0.560. The molecule has 0 bridgehead atoms. The summed E-state index contributed by atoms with van der Waals surface area (Å²) in [5, 5.41) is 7.23. The predicted molar refractivity (Wildman–Crippen MR) is 96.7 cm³/mol. The van der Waals surface area contributed by atoms with Gasteiger partial charge in [-0.3, -0.25) is 0 Å². The molecule has 0 radical (unpaired) electrons. The van der Waals surface area contributed by atoms with Crippen LogP contribution in [0.4, 0.5) is 11.5 Å². The van der Waals surface area contributed by atoms with Gasteiger partial charge in [0, 0.05) is 16.0 Å². The Bertz CT molecular complexity index is 1030. The molecular formula is C19H15N3S. The van der Waals surface area contributed by atoms with Crippen LogP contribution >= 0.6 is 11.3 Å². The van der Waals surface area contributed by atoms with E-state index < -0.39 is 0 Å². The molecule has 1 N–H and O–H groups in total. The maximum atomic E-state index is 4.54. The Kier molecular flexibility index (Phi) is 2.85. The fourth-order valence-electron chi connectivity index (χ4n) is 3.49. The summed E-state index contributed by atoms with van der Waals surface area (Å²) in [6, 6.07) is 14.8. The van der Waals surface area contributed by atoms with Crippen LogP contribution < -0.4 is 5.32 Å². The molecule has 0 fully saturated rings. The van der Waals surface area contributed by atoms with Crippen molar-refractivity contribution < 1.29 is 0 Å². The molecule has 0 amide bonds. The second-order valence-corrected chi connectivity index (χ2v) is 7.00. The molecule has 5 rings (SSSR count). The average molecular weight is 317 g/mol. The van der Waals surface area contributed by atoms with Gasteiger partial charge in [-0.25, -0.2) is 9.97 Å². The van der Waals surface area contributed by atoms with Crippen LogP contribution in [0.1, 0.15) is 16.9 Å². The van der Waals surface area contributed by atoms with E-state index in [4.69, 9.17) is 0 Å². The lowest BCUT2D eigenvalue weighted by Crippen LogP contribution is -1.96. The second kappa shape index (κ2) is 5.03. The molecule has 0 aliphatic heterocycles. The number of rotatable bonds is 2. The molecular weight excluding hydrogens is 302 g/mol. The van der Waals surface area contributed by atoms with Gasteiger partial charge in [-0.2, -0.15) is 0 Å². The Hall–Kier alpha value is -2.46. The van der Waals surface area contributed by atoms with E-state index in [0.29, 0.717) is 0 Å². The number of fused-ring (bicyclic) bond motifs is 4. The average Bonchev–Trinajstić information content (AvgIpc) is 3.16. The zero-order chi connectivity index (χ0) is 15.2. The fraction of sp³-hybridized carbons (Fsp3) is 0.158. The number of benzene rings is 2. The van der Waals surface area contributed by atoms with E-state index in [0.717, 1.165) is 22.8 Å². The minimum Gasteiger partial charge on any atom is -0.339 e. The molecule has 0 unspecified atom stereocenters. The fourth-order valence-corrected chi connectivity index (χ4v) is 4.71. The van der Waals surface area contributed by atoms with Gasteiger partial charge in [0.05, 0.1) is 5.39 Å². The van der Waals surface area contributed by atoms with Crippen molar-refractivity contribution in [2.75, 3.05) is 5.32 Å².